The Balaban J connectivity index is 2.01. The number of rotatable bonds is 5. The van der Waals surface area contributed by atoms with E-state index in [0.717, 1.165) is 5.69 Å². The van der Waals surface area contributed by atoms with Gasteiger partial charge in [-0.25, -0.2) is 19.9 Å². The summed E-state index contributed by atoms with van der Waals surface area (Å²) in [6.45, 7) is 1.86. The van der Waals surface area contributed by atoms with Crippen LogP contribution in [0.4, 0.5) is 19.1 Å². The zero-order valence-electron chi connectivity index (χ0n) is 11.3. The van der Waals surface area contributed by atoms with Crippen LogP contribution < -0.4 is 5.32 Å². The van der Waals surface area contributed by atoms with Crippen LogP contribution in [0, 0.1) is 0 Å². The maximum Gasteiger partial charge on any atom is 0.389 e. The summed E-state index contributed by atoms with van der Waals surface area (Å²) in [6.07, 6.45) is -0.775. The maximum atomic E-state index is 12.2. The van der Waals surface area contributed by atoms with Crippen molar-refractivity contribution in [2.24, 2.45) is 0 Å². The molecule has 0 fully saturated rings. The molecule has 112 valence electrons. The van der Waals surface area contributed by atoms with Crippen molar-refractivity contribution in [3.05, 3.63) is 42.2 Å². The van der Waals surface area contributed by atoms with Gasteiger partial charge in [0.2, 0.25) is 5.95 Å². The van der Waals surface area contributed by atoms with E-state index in [-0.39, 0.29) is 18.4 Å². The van der Waals surface area contributed by atoms with Crippen LogP contribution in [-0.2, 0) is 6.42 Å². The normalized spacial score (nSPS) is 13.0. The van der Waals surface area contributed by atoms with E-state index < -0.39 is 12.6 Å². The lowest BCUT2D eigenvalue weighted by atomic mass is 10.2. The third-order valence-corrected chi connectivity index (χ3v) is 2.77. The number of nitrogens with one attached hydrogen (secondary N) is 1. The van der Waals surface area contributed by atoms with Gasteiger partial charge in [0.1, 0.15) is 6.33 Å². The van der Waals surface area contributed by atoms with Gasteiger partial charge in [0, 0.05) is 24.5 Å². The fourth-order valence-corrected chi connectivity index (χ4v) is 1.70. The minimum absolute atomic E-state index is 0.164. The van der Waals surface area contributed by atoms with Gasteiger partial charge < -0.3 is 5.32 Å². The molecule has 0 saturated carbocycles. The highest BCUT2D eigenvalue weighted by molar-refractivity contribution is 5.29. The molecule has 1 N–H and O–H groups in total. The fourth-order valence-electron chi connectivity index (χ4n) is 1.70. The summed E-state index contributed by atoms with van der Waals surface area (Å²) in [7, 11) is 0. The van der Waals surface area contributed by atoms with E-state index in [1.54, 1.807) is 12.3 Å². The third kappa shape index (κ3) is 4.97. The highest BCUT2D eigenvalue weighted by atomic mass is 19.4. The highest BCUT2D eigenvalue weighted by Crippen LogP contribution is 2.22. The number of hydrogen-bond donors (Lipinski definition) is 1. The molecule has 0 unspecified atom stereocenters. The Morgan fingerprint density at radius 1 is 1.19 bits per heavy atom. The first-order valence-electron chi connectivity index (χ1n) is 6.35. The zero-order chi connectivity index (χ0) is 15.3. The summed E-state index contributed by atoms with van der Waals surface area (Å²) in [5, 5.41) is 3.00. The number of nitrogens with zero attached hydrogens (tertiary/aromatic N) is 4. The first-order chi connectivity index (χ1) is 9.94. The monoisotopic (exact) mass is 297 g/mol. The van der Waals surface area contributed by atoms with Crippen LogP contribution in [0.2, 0.25) is 0 Å². The Labute approximate surface area is 119 Å². The van der Waals surface area contributed by atoms with E-state index in [2.05, 4.69) is 25.3 Å². The second-order valence-electron chi connectivity index (χ2n) is 4.49. The van der Waals surface area contributed by atoms with Crippen molar-refractivity contribution in [1.29, 1.82) is 0 Å². The number of anilines is 1. The van der Waals surface area contributed by atoms with Crippen molar-refractivity contribution < 1.29 is 13.2 Å². The molecule has 0 aliphatic rings. The smallest absolute Gasteiger partial charge is 0.346 e. The minimum Gasteiger partial charge on any atom is -0.346 e. The summed E-state index contributed by atoms with van der Waals surface area (Å²) in [6, 6.07) is 3.04. The molecule has 5 nitrogen and oxygen atoms in total. The molecule has 0 bridgehead atoms. The molecule has 8 heteroatoms. The molecular weight excluding hydrogens is 283 g/mol. The second kappa shape index (κ2) is 6.47. The molecule has 0 aromatic carbocycles. The van der Waals surface area contributed by atoms with Crippen LogP contribution in [0.25, 0.3) is 0 Å². The van der Waals surface area contributed by atoms with Gasteiger partial charge in [-0.05, 0) is 25.5 Å². The van der Waals surface area contributed by atoms with Crippen molar-refractivity contribution >= 4 is 5.95 Å². The van der Waals surface area contributed by atoms with E-state index in [4.69, 9.17) is 0 Å². The largest absolute Gasteiger partial charge is 0.389 e. The lowest BCUT2D eigenvalue weighted by molar-refractivity contribution is -0.134. The molecule has 2 rings (SSSR count). The van der Waals surface area contributed by atoms with E-state index in [9.17, 15) is 13.2 Å². The van der Waals surface area contributed by atoms with Crippen LogP contribution >= 0.6 is 0 Å². The van der Waals surface area contributed by atoms with Crippen LogP contribution in [0.15, 0.2) is 30.9 Å². The summed E-state index contributed by atoms with van der Waals surface area (Å²) >= 11 is 0. The van der Waals surface area contributed by atoms with Gasteiger partial charge >= 0.3 is 6.18 Å². The summed E-state index contributed by atoms with van der Waals surface area (Å²) in [4.78, 5) is 16.0. The Morgan fingerprint density at radius 2 is 2.00 bits per heavy atom. The van der Waals surface area contributed by atoms with Crippen molar-refractivity contribution in [3.8, 4) is 0 Å². The van der Waals surface area contributed by atoms with Gasteiger partial charge in [-0.1, -0.05) is 0 Å². The zero-order valence-corrected chi connectivity index (χ0v) is 11.3. The Morgan fingerprint density at radius 3 is 2.67 bits per heavy atom. The number of aryl methyl sites for hydroxylation is 1. The van der Waals surface area contributed by atoms with Gasteiger partial charge in [-0.3, -0.25) is 0 Å². The van der Waals surface area contributed by atoms with Crippen LogP contribution in [0.1, 0.15) is 30.8 Å². The van der Waals surface area contributed by atoms with E-state index in [1.165, 1.54) is 18.6 Å². The summed E-state index contributed by atoms with van der Waals surface area (Å²) in [5.74, 6) is 0.279. The van der Waals surface area contributed by atoms with Gasteiger partial charge in [-0.2, -0.15) is 13.2 Å². The number of halogens is 3. The molecule has 2 aromatic heterocycles. The Kier molecular flexibility index (Phi) is 4.66. The Hall–Kier alpha value is -2.25. The lowest BCUT2D eigenvalue weighted by Crippen LogP contribution is -2.13. The van der Waals surface area contributed by atoms with Crippen molar-refractivity contribution in [2.45, 2.75) is 32.0 Å². The highest BCUT2D eigenvalue weighted by Gasteiger charge is 2.26. The molecule has 21 heavy (non-hydrogen) atoms. The van der Waals surface area contributed by atoms with Crippen LogP contribution in [0.5, 0.6) is 0 Å². The molecule has 2 aromatic rings. The topological polar surface area (TPSA) is 63.6 Å². The first-order valence-corrected chi connectivity index (χ1v) is 6.35. The molecule has 2 heterocycles. The summed E-state index contributed by atoms with van der Waals surface area (Å²) in [5.41, 5.74) is 1.09. The minimum atomic E-state index is -4.19. The molecule has 0 spiro atoms. The Bertz CT molecular complexity index is 574. The first kappa shape index (κ1) is 15.1. The van der Waals surface area contributed by atoms with Gasteiger partial charge in [0.05, 0.1) is 11.7 Å². The molecule has 0 radical (unpaired) electrons. The van der Waals surface area contributed by atoms with Crippen molar-refractivity contribution in [1.82, 2.24) is 19.9 Å². The quantitative estimate of drug-likeness (QED) is 0.919. The van der Waals surface area contributed by atoms with Crippen molar-refractivity contribution in [2.75, 3.05) is 5.32 Å². The van der Waals surface area contributed by atoms with Gasteiger partial charge in [-0.15, -0.1) is 0 Å². The molecule has 1 atom stereocenters. The molecule has 0 aliphatic heterocycles. The standard InChI is InChI=1S/C13H14F3N5/c1-9(11-4-6-17-8-19-11)20-12-18-7-3-10(21-12)2-5-13(14,15)16/h3-4,6-9H,2,5H2,1H3,(H,18,20,21)/t9-/m1/s1. The number of alkyl halides is 3. The van der Waals surface area contributed by atoms with Gasteiger partial charge in [0.25, 0.3) is 0 Å². The maximum absolute atomic E-state index is 12.2. The predicted octanol–water partition coefficient (Wildman–Crippen LogP) is 2.93. The average Bonchev–Trinajstić information content (AvgIpc) is 2.46. The molecule has 0 saturated heterocycles. The van der Waals surface area contributed by atoms with Crippen LogP contribution in [0.3, 0.4) is 0 Å². The third-order valence-electron chi connectivity index (χ3n) is 2.77. The van der Waals surface area contributed by atoms with Gasteiger partial charge in [0.15, 0.2) is 0 Å². The van der Waals surface area contributed by atoms with Crippen molar-refractivity contribution in [3.63, 3.8) is 0 Å². The molecule has 0 aliphatic carbocycles. The van der Waals surface area contributed by atoms with E-state index in [1.807, 2.05) is 6.92 Å². The number of aromatic nitrogens is 4. The fraction of sp³-hybridized carbons (Fsp3) is 0.385. The SMILES string of the molecule is C[C@@H](Nc1nccc(CCC(F)(F)F)n1)c1ccncn1. The second-order valence-corrected chi connectivity index (χ2v) is 4.49. The van der Waals surface area contributed by atoms with E-state index >= 15 is 0 Å². The lowest BCUT2D eigenvalue weighted by Gasteiger charge is -2.13. The summed E-state index contributed by atoms with van der Waals surface area (Å²) < 4.78 is 36.6. The molecular formula is C13H14F3N5. The van der Waals surface area contributed by atoms with E-state index in [0.29, 0.717) is 5.69 Å². The van der Waals surface area contributed by atoms with Crippen LogP contribution in [-0.4, -0.2) is 26.1 Å². The average molecular weight is 297 g/mol. The predicted molar refractivity (Wildman–Crippen MR) is 70.5 cm³/mol. The number of hydrogen-bond acceptors (Lipinski definition) is 5. The molecule has 0 amide bonds.